The molecule has 2 saturated carbocycles. The lowest BCUT2D eigenvalue weighted by Crippen LogP contribution is -2.53. The van der Waals surface area contributed by atoms with Crippen LogP contribution in [0.5, 0.6) is 0 Å². The molecular weight excluding hydrogens is 666 g/mol. The first kappa shape index (κ1) is 37.5. The normalized spacial score (nSPS) is 20.7. The van der Waals surface area contributed by atoms with Crippen molar-refractivity contribution in [3.05, 3.63) is 47.5 Å². The van der Waals surface area contributed by atoms with Crippen molar-refractivity contribution in [3.63, 3.8) is 0 Å². The number of aromatic nitrogens is 2. The van der Waals surface area contributed by atoms with Crippen LogP contribution in [0.25, 0.3) is 0 Å². The van der Waals surface area contributed by atoms with Crippen LogP contribution in [-0.2, 0) is 4.79 Å². The number of nitrogens with zero attached hydrogens (tertiary/aromatic N) is 3. The average molecular weight is 713 g/mol. The Kier molecular flexibility index (Phi) is 12.0. The number of rotatable bonds is 12. The van der Waals surface area contributed by atoms with Crippen molar-refractivity contribution >= 4 is 23.5 Å². The number of nitrogens with one attached hydrogen (secondary N) is 3. The number of halogens is 6. The topological polar surface area (TPSA) is 108 Å². The first-order valence-corrected chi connectivity index (χ1v) is 17.6. The van der Waals surface area contributed by atoms with Crippen LogP contribution in [0.1, 0.15) is 113 Å². The van der Waals surface area contributed by atoms with Gasteiger partial charge in [0.05, 0.1) is 18.3 Å². The third-order valence-electron chi connectivity index (χ3n) is 10.5. The number of alkyl halides is 5. The van der Waals surface area contributed by atoms with Gasteiger partial charge in [-0.3, -0.25) is 14.3 Å². The van der Waals surface area contributed by atoms with Gasteiger partial charge in [-0.15, -0.1) is 0 Å². The summed E-state index contributed by atoms with van der Waals surface area (Å²) >= 11 is 0. The van der Waals surface area contributed by atoms with E-state index in [2.05, 4.69) is 15.7 Å². The van der Waals surface area contributed by atoms with Gasteiger partial charge in [0, 0.05) is 18.7 Å². The maximum absolute atomic E-state index is 15.8. The van der Waals surface area contributed by atoms with E-state index in [4.69, 9.17) is 0 Å². The number of hydrogen-bond donors (Lipinski definition) is 3. The van der Waals surface area contributed by atoms with Crippen LogP contribution in [0, 0.1) is 23.6 Å². The highest BCUT2D eigenvalue weighted by Crippen LogP contribution is 2.42. The molecular formula is C35H46F6N6O3. The van der Waals surface area contributed by atoms with Crippen molar-refractivity contribution in [3.8, 4) is 0 Å². The van der Waals surface area contributed by atoms with Gasteiger partial charge in [-0.1, -0.05) is 70.3 Å². The number of carbonyl (C=O) groups excluding carboxylic acids is 3. The van der Waals surface area contributed by atoms with Crippen LogP contribution in [-0.4, -0.2) is 63.8 Å². The van der Waals surface area contributed by atoms with Gasteiger partial charge in [-0.2, -0.15) is 18.3 Å². The molecule has 3 fully saturated rings. The molecule has 5 rings (SSSR count). The number of benzene rings is 1. The molecule has 3 atom stereocenters. The summed E-state index contributed by atoms with van der Waals surface area (Å²) in [5, 5.41) is 11.6. The Balaban J connectivity index is 1.44. The molecule has 0 unspecified atom stereocenters. The minimum Gasteiger partial charge on any atom is -0.339 e. The molecule has 1 aliphatic heterocycles. The minimum absolute atomic E-state index is 0.127. The second-order valence-corrected chi connectivity index (χ2v) is 14.1. The highest BCUT2D eigenvalue weighted by Gasteiger charge is 2.49. The van der Waals surface area contributed by atoms with E-state index in [1.807, 2.05) is 13.8 Å². The lowest BCUT2D eigenvalue weighted by molar-refractivity contribution is -0.150. The van der Waals surface area contributed by atoms with E-state index in [-0.39, 0.29) is 40.7 Å². The molecule has 1 aromatic heterocycles. The van der Waals surface area contributed by atoms with Crippen molar-refractivity contribution in [1.82, 2.24) is 25.3 Å². The maximum Gasteiger partial charge on any atom is 0.410 e. The highest BCUT2D eigenvalue weighted by atomic mass is 19.4. The summed E-state index contributed by atoms with van der Waals surface area (Å²) < 4.78 is 84.5. The number of anilines is 1. The zero-order chi connectivity index (χ0) is 36.2. The van der Waals surface area contributed by atoms with E-state index in [1.54, 1.807) is 16.1 Å². The highest BCUT2D eigenvalue weighted by molar-refractivity contribution is 6.00. The first-order valence-electron chi connectivity index (χ1n) is 17.6. The largest absolute Gasteiger partial charge is 0.410 e. The lowest BCUT2D eigenvalue weighted by atomic mass is 9.66. The third kappa shape index (κ3) is 8.74. The maximum atomic E-state index is 15.8. The van der Waals surface area contributed by atoms with Gasteiger partial charge in [0.2, 0.25) is 12.3 Å². The molecule has 2 aromatic rings. The Morgan fingerprint density at radius 2 is 1.60 bits per heavy atom. The Morgan fingerprint density at radius 3 is 2.12 bits per heavy atom. The van der Waals surface area contributed by atoms with Crippen molar-refractivity contribution in [2.24, 2.45) is 17.8 Å². The predicted octanol–water partition coefficient (Wildman–Crippen LogP) is 7.77. The fourth-order valence-corrected chi connectivity index (χ4v) is 8.10. The standard InChI is InChI=1S/C35H46F6N6O3/c1-20(2)47-26(15-16-42-47)32(48)45-31(30(21-9-5-3-6-10-21)22-11-7-4-8-12-22)33(49)43-25-14-13-23(17-24(25)36)27(18-29(37)38)46-19-28(35(39,40)41)44-34(46)50/h13-17,20-22,27-31H,3-12,18-19H2,1-2H3,(H,43,49)(H,44,50)(H,45,48)/t27-,28+,31-/m1/s1. The van der Waals surface area contributed by atoms with E-state index in [9.17, 15) is 36.3 Å². The molecule has 1 saturated heterocycles. The summed E-state index contributed by atoms with van der Waals surface area (Å²) in [4.78, 5) is 41.1. The summed E-state index contributed by atoms with van der Waals surface area (Å²) in [5.74, 6) is -2.03. The van der Waals surface area contributed by atoms with Gasteiger partial charge < -0.3 is 20.9 Å². The molecule has 0 bridgehead atoms. The zero-order valence-electron chi connectivity index (χ0n) is 28.3. The van der Waals surface area contributed by atoms with E-state index in [0.717, 1.165) is 76.3 Å². The molecule has 2 heterocycles. The molecule has 3 aliphatic rings. The molecule has 4 amide bonds. The Bertz CT molecular complexity index is 1470. The fraction of sp³-hybridized carbons (Fsp3) is 0.657. The quantitative estimate of drug-likeness (QED) is 0.196. The number of urea groups is 1. The van der Waals surface area contributed by atoms with Crippen LogP contribution in [0.3, 0.4) is 0 Å². The van der Waals surface area contributed by atoms with E-state index >= 15 is 4.39 Å². The molecule has 3 N–H and O–H groups in total. The van der Waals surface area contributed by atoms with Crippen LogP contribution in [0.2, 0.25) is 0 Å². The fourth-order valence-electron chi connectivity index (χ4n) is 8.10. The average Bonchev–Trinajstić information content (AvgIpc) is 3.73. The third-order valence-corrected chi connectivity index (χ3v) is 10.5. The Hall–Kier alpha value is -3.78. The Morgan fingerprint density at radius 1 is 0.980 bits per heavy atom. The summed E-state index contributed by atoms with van der Waals surface area (Å²) in [6, 6.07) is -1.36. The monoisotopic (exact) mass is 712 g/mol. The molecule has 15 heteroatoms. The zero-order valence-corrected chi connectivity index (χ0v) is 28.3. The summed E-state index contributed by atoms with van der Waals surface area (Å²) in [5.41, 5.74) is -0.151. The van der Waals surface area contributed by atoms with Gasteiger partial charge in [-0.05, 0) is 55.4 Å². The summed E-state index contributed by atoms with van der Waals surface area (Å²) in [6.45, 7) is 2.84. The van der Waals surface area contributed by atoms with Gasteiger partial charge in [0.15, 0.2) is 0 Å². The second kappa shape index (κ2) is 16.1. The number of amides is 4. The Labute approximate surface area is 287 Å². The molecule has 276 valence electrons. The lowest BCUT2D eigenvalue weighted by Gasteiger charge is -2.42. The molecule has 50 heavy (non-hydrogen) atoms. The molecule has 9 nitrogen and oxygen atoms in total. The SMILES string of the molecule is CC(C)n1nccc1C(=O)N[C@@H](C(=O)Nc1ccc([C@@H](CC(F)F)N2C[C@@H](C(F)(F)F)NC2=O)cc1F)C(C1CCCCC1)C1CCCCC1. The van der Waals surface area contributed by atoms with Crippen LogP contribution < -0.4 is 16.0 Å². The molecule has 0 spiro atoms. The molecule has 0 radical (unpaired) electrons. The van der Waals surface area contributed by atoms with Crippen molar-refractivity contribution in [2.45, 2.75) is 121 Å². The van der Waals surface area contributed by atoms with Crippen molar-refractivity contribution < 1.29 is 40.7 Å². The molecule has 2 aliphatic carbocycles. The van der Waals surface area contributed by atoms with Crippen molar-refractivity contribution in [2.75, 3.05) is 11.9 Å². The smallest absolute Gasteiger partial charge is 0.339 e. The van der Waals surface area contributed by atoms with E-state index in [1.165, 1.54) is 12.3 Å². The summed E-state index contributed by atoms with van der Waals surface area (Å²) in [6.07, 6.45) is 2.49. The van der Waals surface area contributed by atoms with Gasteiger partial charge in [0.1, 0.15) is 23.6 Å². The first-order chi connectivity index (χ1) is 23.7. The van der Waals surface area contributed by atoms with E-state index < -0.39 is 67.4 Å². The van der Waals surface area contributed by atoms with Crippen molar-refractivity contribution in [1.29, 1.82) is 0 Å². The van der Waals surface area contributed by atoms with Gasteiger partial charge >= 0.3 is 12.2 Å². The van der Waals surface area contributed by atoms with Gasteiger partial charge in [-0.25, -0.2) is 18.0 Å². The predicted molar refractivity (Wildman–Crippen MR) is 174 cm³/mol. The summed E-state index contributed by atoms with van der Waals surface area (Å²) in [7, 11) is 0. The minimum atomic E-state index is -4.80. The second-order valence-electron chi connectivity index (χ2n) is 14.1. The van der Waals surface area contributed by atoms with Crippen LogP contribution in [0.4, 0.5) is 36.8 Å². The number of hydrogen-bond acceptors (Lipinski definition) is 4. The molecule has 1 aromatic carbocycles. The van der Waals surface area contributed by atoms with E-state index in [0.29, 0.717) is 4.90 Å². The van der Waals surface area contributed by atoms with Crippen LogP contribution >= 0.6 is 0 Å². The van der Waals surface area contributed by atoms with Crippen LogP contribution in [0.15, 0.2) is 30.5 Å². The number of carbonyl (C=O) groups is 3. The van der Waals surface area contributed by atoms with Gasteiger partial charge in [0.25, 0.3) is 5.91 Å².